The van der Waals surface area contributed by atoms with Crippen molar-refractivity contribution in [3.63, 3.8) is 0 Å². The zero-order valence-corrected chi connectivity index (χ0v) is 12.6. The van der Waals surface area contributed by atoms with Crippen molar-refractivity contribution in [3.05, 3.63) is 0 Å². The fourth-order valence-corrected chi connectivity index (χ4v) is 4.50. The zero-order chi connectivity index (χ0) is 13.2. The Morgan fingerprint density at radius 3 is 2.32 bits per heavy atom. The first-order valence-electron chi connectivity index (χ1n) is 8.35. The van der Waals surface area contributed by atoms with Crippen LogP contribution in [0.4, 0.5) is 0 Å². The number of rotatable bonds is 5. The van der Waals surface area contributed by atoms with E-state index in [-0.39, 0.29) is 0 Å². The van der Waals surface area contributed by atoms with Crippen LogP contribution in [0.2, 0.25) is 0 Å². The predicted molar refractivity (Wildman–Crippen MR) is 78.4 cm³/mol. The number of hydrogen-bond acceptors (Lipinski definition) is 3. The largest absolute Gasteiger partial charge is 0.381 e. The van der Waals surface area contributed by atoms with Gasteiger partial charge >= 0.3 is 0 Å². The van der Waals surface area contributed by atoms with Gasteiger partial charge in [-0.05, 0) is 51.5 Å². The quantitative estimate of drug-likeness (QED) is 0.827. The van der Waals surface area contributed by atoms with Gasteiger partial charge in [-0.1, -0.05) is 13.3 Å². The van der Waals surface area contributed by atoms with Crippen molar-refractivity contribution in [2.24, 2.45) is 0 Å². The number of fused-ring (bicyclic) bond motifs is 2. The normalized spacial score (nSPS) is 42.9. The van der Waals surface area contributed by atoms with Crippen LogP contribution in [0.15, 0.2) is 0 Å². The molecule has 3 fully saturated rings. The average Bonchev–Trinajstić information content (AvgIpc) is 2.35. The summed E-state index contributed by atoms with van der Waals surface area (Å²) in [5.41, 5.74) is 0. The summed E-state index contributed by atoms with van der Waals surface area (Å²) in [6, 6.07) is 3.31. The molecular formula is C16H30N2O. The lowest BCUT2D eigenvalue weighted by Gasteiger charge is -2.56. The molecule has 1 N–H and O–H groups in total. The summed E-state index contributed by atoms with van der Waals surface area (Å²) >= 11 is 0. The van der Waals surface area contributed by atoms with Gasteiger partial charge in [-0.25, -0.2) is 0 Å². The molecule has 0 radical (unpaired) electrons. The Morgan fingerprint density at radius 2 is 1.74 bits per heavy atom. The first-order valence-corrected chi connectivity index (χ1v) is 8.35. The lowest BCUT2D eigenvalue weighted by atomic mass is 9.76. The lowest BCUT2D eigenvalue weighted by Crippen LogP contribution is -2.63. The van der Waals surface area contributed by atoms with Crippen LogP contribution >= 0.6 is 0 Å². The van der Waals surface area contributed by atoms with Gasteiger partial charge < -0.3 is 10.1 Å². The van der Waals surface area contributed by atoms with Gasteiger partial charge in [-0.15, -0.1) is 0 Å². The van der Waals surface area contributed by atoms with Crippen molar-refractivity contribution in [1.82, 2.24) is 10.2 Å². The molecule has 0 aromatic heterocycles. The molecule has 0 aromatic rings. The lowest BCUT2D eigenvalue weighted by molar-refractivity contribution is -0.0891. The number of ether oxygens (including phenoxy) is 1. The minimum atomic E-state index is 0.543. The third-order valence-electron chi connectivity index (χ3n) is 5.54. The summed E-state index contributed by atoms with van der Waals surface area (Å²) in [4.78, 5) is 2.89. The number of hydrogen-bond donors (Lipinski definition) is 1. The third-order valence-corrected chi connectivity index (χ3v) is 5.54. The molecule has 3 rings (SSSR count). The van der Waals surface area contributed by atoms with E-state index in [2.05, 4.69) is 17.1 Å². The smallest absolute Gasteiger partial charge is 0.0601 e. The molecule has 0 spiro atoms. The molecule has 1 aliphatic carbocycles. The summed E-state index contributed by atoms with van der Waals surface area (Å²) in [5.74, 6) is 0. The van der Waals surface area contributed by atoms with Gasteiger partial charge in [0.05, 0.1) is 6.10 Å². The molecule has 110 valence electrons. The van der Waals surface area contributed by atoms with E-state index in [1.807, 2.05) is 7.11 Å². The molecule has 3 heteroatoms. The van der Waals surface area contributed by atoms with Crippen molar-refractivity contribution in [3.8, 4) is 0 Å². The maximum Gasteiger partial charge on any atom is 0.0601 e. The van der Waals surface area contributed by atoms with E-state index >= 15 is 0 Å². The molecular weight excluding hydrogens is 236 g/mol. The Balaban J connectivity index is 1.58. The van der Waals surface area contributed by atoms with E-state index in [4.69, 9.17) is 4.74 Å². The van der Waals surface area contributed by atoms with Crippen molar-refractivity contribution >= 4 is 0 Å². The Hall–Kier alpha value is -0.120. The van der Waals surface area contributed by atoms with Crippen LogP contribution in [0.25, 0.3) is 0 Å². The van der Waals surface area contributed by atoms with Gasteiger partial charge in [0.15, 0.2) is 0 Å². The summed E-state index contributed by atoms with van der Waals surface area (Å²) in [6.45, 7) is 3.46. The average molecular weight is 266 g/mol. The van der Waals surface area contributed by atoms with Gasteiger partial charge in [0.25, 0.3) is 0 Å². The van der Waals surface area contributed by atoms with E-state index in [9.17, 15) is 0 Å². The van der Waals surface area contributed by atoms with Crippen LogP contribution in [0.1, 0.15) is 58.3 Å². The minimum absolute atomic E-state index is 0.543. The summed E-state index contributed by atoms with van der Waals surface area (Å²) in [6.07, 6.45) is 11.4. The van der Waals surface area contributed by atoms with Crippen molar-refractivity contribution in [1.29, 1.82) is 0 Å². The highest BCUT2D eigenvalue weighted by Gasteiger charge is 2.45. The number of nitrogens with one attached hydrogen (secondary N) is 1. The van der Waals surface area contributed by atoms with Crippen LogP contribution in [0, 0.1) is 0 Å². The Bertz CT molecular complexity index is 276. The topological polar surface area (TPSA) is 24.5 Å². The fourth-order valence-electron chi connectivity index (χ4n) is 4.50. The van der Waals surface area contributed by atoms with Crippen LogP contribution in [0.5, 0.6) is 0 Å². The van der Waals surface area contributed by atoms with E-state index in [0.29, 0.717) is 6.10 Å². The fraction of sp³-hybridized carbons (Fsp3) is 1.00. The molecule has 2 atom stereocenters. The second-order valence-electron chi connectivity index (χ2n) is 6.79. The number of piperidine rings is 2. The molecule has 3 nitrogen and oxygen atoms in total. The van der Waals surface area contributed by atoms with Crippen molar-refractivity contribution in [2.75, 3.05) is 13.7 Å². The molecule has 1 saturated carbocycles. The highest BCUT2D eigenvalue weighted by Crippen LogP contribution is 2.41. The van der Waals surface area contributed by atoms with Crippen LogP contribution in [0.3, 0.4) is 0 Å². The maximum absolute atomic E-state index is 5.46. The second kappa shape index (κ2) is 6.11. The van der Waals surface area contributed by atoms with Crippen LogP contribution < -0.4 is 5.32 Å². The molecule has 2 heterocycles. The Morgan fingerprint density at radius 1 is 1.05 bits per heavy atom. The molecule has 0 amide bonds. The SMILES string of the molecule is CCCNC1CC2CCCC(C1)N2C1CC(OC)C1. The summed E-state index contributed by atoms with van der Waals surface area (Å²) in [7, 11) is 1.86. The zero-order valence-electron chi connectivity index (χ0n) is 12.6. The summed E-state index contributed by atoms with van der Waals surface area (Å²) in [5, 5.41) is 3.76. The maximum atomic E-state index is 5.46. The molecule has 2 unspecified atom stereocenters. The number of methoxy groups -OCH3 is 1. The van der Waals surface area contributed by atoms with E-state index < -0.39 is 0 Å². The molecule has 2 bridgehead atoms. The molecule has 3 aliphatic rings. The standard InChI is InChI=1S/C16H30N2O/c1-3-7-17-12-8-13-5-4-6-14(9-12)18(13)15-10-16(11-15)19-2/h12-17H,3-11H2,1-2H3. The van der Waals surface area contributed by atoms with Gasteiger partial charge in [0.1, 0.15) is 0 Å². The van der Waals surface area contributed by atoms with E-state index in [0.717, 1.165) is 24.2 Å². The minimum Gasteiger partial charge on any atom is -0.381 e. The predicted octanol–water partition coefficient (Wildman–Crippen LogP) is 2.55. The van der Waals surface area contributed by atoms with Crippen LogP contribution in [-0.4, -0.2) is 48.8 Å². The molecule has 0 aromatic carbocycles. The Labute approximate surface area is 118 Å². The van der Waals surface area contributed by atoms with Gasteiger partial charge in [0.2, 0.25) is 0 Å². The van der Waals surface area contributed by atoms with Crippen LogP contribution in [-0.2, 0) is 4.74 Å². The van der Waals surface area contributed by atoms with Crippen molar-refractivity contribution < 1.29 is 4.74 Å². The van der Waals surface area contributed by atoms with Crippen molar-refractivity contribution in [2.45, 2.75) is 88.6 Å². The third kappa shape index (κ3) is 2.84. The first kappa shape index (κ1) is 13.8. The van der Waals surface area contributed by atoms with E-state index in [1.165, 1.54) is 57.9 Å². The van der Waals surface area contributed by atoms with Gasteiger partial charge in [0, 0.05) is 31.3 Å². The van der Waals surface area contributed by atoms with Gasteiger partial charge in [-0.3, -0.25) is 4.90 Å². The Kier molecular flexibility index (Phi) is 4.45. The summed E-state index contributed by atoms with van der Waals surface area (Å²) < 4.78 is 5.46. The monoisotopic (exact) mass is 266 g/mol. The van der Waals surface area contributed by atoms with E-state index in [1.54, 1.807) is 0 Å². The highest BCUT2D eigenvalue weighted by atomic mass is 16.5. The van der Waals surface area contributed by atoms with Gasteiger partial charge in [-0.2, -0.15) is 0 Å². The second-order valence-corrected chi connectivity index (χ2v) is 6.79. The molecule has 2 saturated heterocycles. The molecule has 2 aliphatic heterocycles. The highest BCUT2D eigenvalue weighted by molar-refractivity contribution is 5.01. The first-order chi connectivity index (χ1) is 9.31. The molecule has 19 heavy (non-hydrogen) atoms. The number of nitrogens with zero attached hydrogens (tertiary/aromatic N) is 1.